The van der Waals surface area contributed by atoms with Gasteiger partial charge in [-0.25, -0.2) is 18.4 Å². The monoisotopic (exact) mass is 356 g/mol. The van der Waals surface area contributed by atoms with Crippen molar-refractivity contribution in [2.75, 3.05) is 13.1 Å². The van der Waals surface area contributed by atoms with Gasteiger partial charge in [-0.05, 0) is 24.6 Å². The zero-order chi connectivity index (χ0) is 18.3. The van der Waals surface area contributed by atoms with Crippen LogP contribution in [0.2, 0.25) is 0 Å². The Morgan fingerprint density at radius 3 is 2.08 bits per heavy atom. The van der Waals surface area contributed by atoms with E-state index >= 15 is 0 Å². The normalized spacial score (nSPS) is 12.5. The number of nitrogens with one attached hydrogen (secondary N) is 3. The minimum absolute atomic E-state index is 0.0174. The molecule has 0 aliphatic heterocycles. The van der Waals surface area contributed by atoms with E-state index in [0.717, 1.165) is 5.56 Å². The number of sulfonamides is 1. The summed E-state index contributed by atoms with van der Waals surface area (Å²) in [5, 5.41) is 13.1. The fraction of sp³-hybridized carbons (Fsp3) is 0.467. The van der Waals surface area contributed by atoms with E-state index < -0.39 is 10.0 Å². The van der Waals surface area contributed by atoms with Crippen molar-refractivity contribution < 1.29 is 18.0 Å². The largest absolute Gasteiger partial charge is 0.354 e. The lowest BCUT2D eigenvalue weighted by atomic mass is 10.1. The molecule has 0 saturated heterocycles. The third-order valence-electron chi connectivity index (χ3n) is 3.29. The number of amides is 3. The Hall–Kier alpha value is -2.13. The Bertz CT molecular complexity index is 671. The van der Waals surface area contributed by atoms with Crippen molar-refractivity contribution in [1.29, 1.82) is 0 Å². The Morgan fingerprint density at radius 1 is 1.04 bits per heavy atom. The van der Waals surface area contributed by atoms with Crippen LogP contribution in [0.25, 0.3) is 0 Å². The summed E-state index contributed by atoms with van der Waals surface area (Å²) >= 11 is 0. The van der Waals surface area contributed by atoms with Crippen LogP contribution < -0.4 is 21.1 Å². The Labute approximate surface area is 142 Å². The molecule has 0 heterocycles. The van der Waals surface area contributed by atoms with Crippen molar-refractivity contribution >= 4 is 22.0 Å². The fourth-order valence-corrected chi connectivity index (χ4v) is 2.36. The standard InChI is InChI=1S/C15H24N4O4S/c1-10(2)14(20)17-8-9-18-15(21)19-11(3)12-4-6-13(7-5-12)24(16,22)23/h4-7,10-11H,8-9H2,1-3H3,(H,17,20)(H2,16,22,23)(H2,18,19,21)/t11-/m0/s1. The van der Waals surface area contributed by atoms with Crippen molar-refractivity contribution in [3.05, 3.63) is 29.8 Å². The van der Waals surface area contributed by atoms with Crippen LogP contribution >= 0.6 is 0 Å². The van der Waals surface area contributed by atoms with Crippen LogP contribution in [0.15, 0.2) is 29.2 Å². The zero-order valence-electron chi connectivity index (χ0n) is 14.0. The average Bonchev–Trinajstić information content (AvgIpc) is 2.50. The number of hydrogen-bond donors (Lipinski definition) is 4. The highest BCUT2D eigenvalue weighted by Gasteiger charge is 2.12. The summed E-state index contributed by atoms with van der Waals surface area (Å²) in [7, 11) is -3.73. The number of hydrogen-bond acceptors (Lipinski definition) is 4. The second kappa shape index (κ2) is 8.65. The maximum atomic E-state index is 11.8. The molecule has 0 fully saturated rings. The molecule has 0 aliphatic carbocycles. The smallest absolute Gasteiger partial charge is 0.315 e. The molecule has 0 aromatic heterocycles. The summed E-state index contributed by atoms with van der Waals surface area (Å²) < 4.78 is 22.4. The number of carbonyl (C=O) groups excluding carboxylic acids is 2. The number of carbonyl (C=O) groups is 2. The first-order valence-corrected chi connectivity index (χ1v) is 9.10. The zero-order valence-corrected chi connectivity index (χ0v) is 14.8. The first kappa shape index (κ1) is 19.9. The van der Waals surface area contributed by atoms with E-state index in [0.29, 0.717) is 13.1 Å². The molecular weight excluding hydrogens is 332 g/mol. The molecule has 0 radical (unpaired) electrons. The van der Waals surface area contributed by atoms with Crippen LogP contribution in [0.5, 0.6) is 0 Å². The average molecular weight is 356 g/mol. The van der Waals surface area contributed by atoms with Gasteiger partial charge >= 0.3 is 6.03 Å². The van der Waals surface area contributed by atoms with E-state index in [9.17, 15) is 18.0 Å². The van der Waals surface area contributed by atoms with E-state index in [1.54, 1.807) is 32.9 Å². The topological polar surface area (TPSA) is 130 Å². The van der Waals surface area contributed by atoms with Crippen LogP contribution in [0.1, 0.15) is 32.4 Å². The van der Waals surface area contributed by atoms with Crippen LogP contribution in [0, 0.1) is 5.92 Å². The third-order valence-corrected chi connectivity index (χ3v) is 4.22. The summed E-state index contributed by atoms with van der Waals surface area (Å²) in [5.74, 6) is -0.167. The summed E-state index contributed by atoms with van der Waals surface area (Å²) in [6, 6.07) is 5.27. The van der Waals surface area contributed by atoms with Crippen molar-refractivity contribution in [1.82, 2.24) is 16.0 Å². The van der Waals surface area contributed by atoms with Gasteiger partial charge in [-0.2, -0.15) is 0 Å². The number of benzene rings is 1. The molecule has 0 aliphatic rings. The molecule has 134 valence electrons. The van der Waals surface area contributed by atoms with E-state index in [1.165, 1.54) is 12.1 Å². The van der Waals surface area contributed by atoms with Crippen molar-refractivity contribution in [3.8, 4) is 0 Å². The molecule has 0 spiro atoms. The van der Waals surface area contributed by atoms with Gasteiger partial charge in [0.05, 0.1) is 10.9 Å². The molecule has 9 heteroatoms. The summed E-state index contributed by atoms with van der Waals surface area (Å²) in [6.07, 6.45) is 0. The molecule has 1 aromatic carbocycles. The maximum absolute atomic E-state index is 11.8. The van der Waals surface area contributed by atoms with Crippen LogP contribution in [0.3, 0.4) is 0 Å². The molecule has 1 aromatic rings. The van der Waals surface area contributed by atoms with Crippen molar-refractivity contribution in [2.45, 2.75) is 31.7 Å². The van der Waals surface area contributed by atoms with Gasteiger partial charge in [0.25, 0.3) is 0 Å². The molecule has 8 nitrogen and oxygen atoms in total. The summed E-state index contributed by atoms with van der Waals surface area (Å²) in [5.41, 5.74) is 0.741. The predicted molar refractivity (Wildman–Crippen MR) is 90.6 cm³/mol. The lowest BCUT2D eigenvalue weighted by molar-refractivity contribution is -0.123. The van der Waals surface area contributed by atoms with E-state index in [2.05, 4.69) is 16.0 Å². The quantitative estimate of drug-likeness (QED) is 0.529. The number of rotatable bonds is 7. The number of nitrogens with two attached hydrogens (primary N) is 1. The molecule has 1 rings (SSSR count). The Balaban J connectivity index is 2.43. The second-order valence-electron chi connectivity index (χ2n) is 5.68. The van der Waals surface area contributed by atoms with Gasteiger partial charge in [-0.1, -0.05) is 26.0 Å². The first-order chi connectivity index (χ1) is 11.1. The highest BCUT2D eigenvalue weighted by Crippen LogP contribution is 2.15. The van der Waals surface area contributed by atoms with E-state index in [-0.39, 0.29) is 28.8 Å². The molecule has 0 unspecified atom stereocenters. The first-order valence-electron chi connectivity index (χ1n) is 7.56. The van der Waals surface area contributed by atoms with Gasteiger partial charge in [-0.3, -0.25) is 4.79 Å². The number of primary sulfonamides is 1. The SMILES string of the molecule is CC(C)C(=O)NCCNC(=O)N[C@@H](C)c1ccc(S(N)(=O)=O)cc1. The lowest BCUT2D eigenvalue weighted by Crippen LogP contribution is -2.41. The Morgan fingerprint density at radius 2 is 1.58 bits per heavy atom. The van der Waals surface area contributed by atoms with Crippen molar-refractivity contribution in [2.24, 2.45) is 11.1 Å². The third kappa shape index (κ3) is 6.55. The van der Waals surface area contributed by atoms with Gasteiger partial charge in [0.2, 0.25) is 15.9 Å². The minimum atomic E-state index is -3.73. The summed E-state index contributed by atoms with van der Waals surface area (Å²) in [6.45, 7) is 6.01. The lowest BCUT2D eigenvalue weighted by Gasteiger charge is -2.15. The fourth-order valence-electron chi connectivity index (χ4n) is 1.84. The molecule has 1 atom stereocenters. The molecule has 3 amide bonds. The van der Waals surface area contributed by atoms with E-state index in [4.69, 9.17) is 5.14 Å². The molecule has 0 bridgehead atoms. The van der Waals surface area contributed by atoms with Crippen molar-refractivity contribution in [3.63, 3.8) is 0 Å². The summed E-state index contributed by atoms with van der Waals surface area (Å²) in [4.78, 5) is 23.2. The highest BCUT2D eigenvalue weighted by atomic mass is 32.2. The molecular formula is C15H24N4O4S. The van der Waals surface area contributed by atoms with Crippen LogP contribution in [0.4, 0.5) is 4.79 Å². The second-order valence-corrected chi connectivity index (χ2v) is 7.24. The van der Waals surface area contributed by atoms with Gasteiger partial charge in [0.15, 0.2) is 0 Å². The highest BCUT2D eigenvalue weighted by molar-refractivity contribution is 7.89. The molecule has 0 saturated carbocycles. The maximum Gasteiger partial charge on any atom is 0.315 e. The number of urea groups is 1. The van der Waals surface area contributed by atoms with Gasteiger partial charge < -0.3 is 16.0 Å². The van der Waals surface area contributed by atoms with Crippen LogP contribution in [-0.4, -0.2) is 33.4 Å². The van der Waals surface area contributed by atoms with Gasteiger partial charge in [0.1, 0.15) is 0 Å². The van der Waals surface area contributed by atoms with Crippen LogP contribution in [-0.2, 0) is 14.8 Å². The van der Waals surface area contributed by atoms with Gasteiger partial charge in [-0.15, -0.1) is 0 Å². The molecule has 24 heavy (non-hydrogen) atoms. The Kier molecular flexibility index (Phi) is 7.18. The predicted octanol–water partition coefficient (Wildman–Crippen LogP) is 0.466. The minimum Gasteiger partial charge on any atom is -0.354 e. The van der Waals surface area contributed by atoms with Gasteiger partial charge in [0, 0.05) is 19.0 Å². The van der Waals surface area contributed by atoms with E-state index in [1.807, 2.05) is 0 Å². The molecule has 5 N–H and O–H groups in total.